The minimum Gasteiger partial charge on any atom is -0.313 e. The smallest absolute Gasteiger partial charge is 0.0164 e. The summed E-state index contributed by atoms with van der Waals surface area (Å²) >= 11 is 0. The van der Waals surface area contributed by atoms with Crippen LogP contribution in [0, 0.1) is 0 Å². The number of likely N-dealkylation sites (N-methyl/N-ethyl adjacent to an activating group) is 1. The monoisotopic (exact) mass is 231 g/mol. The minimum atomic E-state index is 0.424. The molecule has 0 radical (unpaired) electrons. The number of nitrogens with one attached hydrogen (secondary N) is 1. The van der Waals surface area contributed by atoms with Crippen LogP contribution in [0.1, 0.15) is 51.5 Å². The molecule has 1 N–H and O–H groups in total. The second kappa shape index (κ2) is 5.68. The molecule has 0 amide bonds. The largest absolute Gasteiger partial charge is 0.313 e. The first-order valence-corrected chi connectivity index (χ1v) is 7.12. The standard InChI is InChI=1S/C16H25N/c1-3-9-15(17-4-2)16(12-8-13-16)14-10-6-5-7-11-14/h5-7,10-11,15,17H,3-4,8-9,12-13H2,1-2H3. The van der Waals surface area contributed by atoms with Crippen LogP contribution in [0.3, 0.4) is 0 Å². The van der Waals surface area contributed by atoms with Gasteiger partial charge in [0.05, 0.1) is 0 Å². The van der Waals surface area contributed by atoms with Crippen molar-refractivity contribution < 1.29 is 0 Å². The Kier molecular flexibility index (Phi) is 4.22. The Morgan fingerprint density at radius 3 is 2.35 bits per heavy atom. The van der Waals surface area contributed by atoms with E-state index in [1.807, 2.05) is 0 Å². The van der Waals surface area contributed by atoms with Crippen molar-refractivity contribution in [1.82, 2.24) is 5.32 Å². The van der Waals surface area contributed by atoms with Crippen LogP contribution in [-0.2, 0) is 5.41 Å². The summed E-state index contributed by atoms with van der Waals surface area (Å²) in [5.41, 5.74) is 1.97. The van der Waals surface area contributed by atoms with Crippen molar-refractivity contribution >= 4 is 0 Å². The van der Waals surface area contributed by atoms with E-state index in [2.05, 4.69) is 49.5 Å². The zero-order valence-electron chi connectivity index (χ0n) is 11.2. The Hall–Kier alpha value is -0.820. The Bertz CT molecular complexity index is 321. The second-order valence-corrected chi connectivity index (χ2v) is 5.27. The van der Waals surface area contributed by atoms with Crippen LogP contribution >= 0.6 is 0 Å². The van der Waals surface area contributed by atoms with E-state index in [4.69, 9.17) is 0 Å². The predicted octanol–water partition coefficient (Wildman–Crippen LogP) is 3.89. The summed E-state index contributed by atoms with van der Waals surface area (Å²) in [6.07, 6.45) is 6.67. The van der Waals surface area contributed by atoms with E-state index in [0.717, 1.165) is 6.54 Å². The molecule has 1 fully saturated rings. The molecule has 0 aliphatic heterocycles. The third kappa shape index (κ3) is 2.40. The van der Waals surface area contributed by atoms with Crippen LogP contribution in [0.5, 0.6) is 0 Å². The average molecular weight is 231 g/mol. The lowest BCUT2D eigenvalue weighted by Gasteiger charge is -2.49. The van der Waals surface area contributed by atoms with E-state index in [1.165, 1.54) is 32.1 Å². The fourth-order valence-corrected chi connectivity index (χ4v) is 3.27. The van der Waals surface area contributed by atoms with E-state index >= 15 is 0 Å². The van der Waals surface area contributed by atoms with E-state index in [9.17, 15) is 0 Å². The molecule has 1 heteroatoms. The lowest BCUT2D eigenvalue weighted by molar-refractivity contribution is 0.162. The first kappa shape index (κ1) is 12.6. The molecule has 1 nitrogen and oxygen atoms in total. The highest BCUT2D eigenvalue weighted by Crippen LogP contribution is 2.47. The molecule has 94 valence electrons. The minimum absolute atomic E-state index is 0.424. The first-order valence-electron chi connectivity index (χ1n) is 7.12. The van der Waals surface area contributed by atoms with Gasteiger partial charge in [-0.15, -0.1) is 0 Å². The number of benzene rings is 1. The molecular weight excluding hydrogens is 206 g/mol. The van der Waals surface area contributed by atoms with Crippen LogP contribution < -0.4 is 5.32 Å². The number of hydrogen-bond donors (Lipinski definition) is 1. The molecule has 1 atom stereocenters. The molecule has 1 aromatic carbocycles. The zero-order valence-corrected chi connectivity index (χ0v) is 11.2. The lowest BCUT2D eigenvalue weighted by Crippen LogP contribution is -2.52. The van der Waals surface area contributed by atoms with Gasteiger partial charge in [-0.2, -0.15) is 0 Å². The Labute approximate surface area is 106 Å². The van der Waals surface area contributed by atoms with Gasteiger partial charge in [0.1, 0.15) is 0 Å². The quantitative estimate of drug-likeness (QED) is 0.783. The van der Waals surface area contributed by atoms with Crippen molar-refractivity contribution in [2.24, 2.45) is 0 Å². The topological polar surface area (TPSA) is 12.0 Å². The molecule has 0 bridgehead atoms. The Morgan fingerprint density at radius 1 is 1.18 bits per heavy atom. The second-order valence-electron chi connectivity index (χ2n) is 5.27. The predicted molar refractivity (Wildman–Crippen MR) is 74.3 cm³/mol. The summed E-state index contributed by atoms with van der Waals surface area (Å²) in [5.74, 6) is 0. The van der Waals surface area contributed by atoms with Gasteiger partial charge in [0.15, 0.2) is 0 Å². The van der Waals surface area contributed by atoms with Gasteiger partial charge in [-0.3, -0.25) is 0 Å². The van der Waals surface area contributed by atoms with Crippen LogP contribution in [-0.4, -0.2) is 12.6 Å². The SMILES string of the molecule is CCCC(NCC)C1(c2ccccc2)CCC1. The molecule has 0 spiro atoms. The van der Waals surface area contributed by atoms with Crippen molar-refractivity contribution in [3.8, 4) is 0 Å². The Morgan fingerprint density at radius 2 is 1.88 bits per heavy atom. The van der Waals surface area contributed by atoms with Crippen LogP contribution in [0.2, 0.25) is 0 Å². The van der Waals surface area contributed by atoms with Gasteiger partial charge in [0, 0.05) is 11.5 Å². The highest BCUT2D eigenvalue weighted by Gasteiger charge is 2.44. The van der Waals surface area contributed by atoms with Gasteiger partial charge in [0.2, 0.25) is 0 Å². The maximum Gasteiger partial charge on any atom is 0.0164 e. The molecular formula is C16H25N. The van der Waals surface area contributed by atoms with Gasteiger partial charge in [0.25, 0.3) is 0 Å². The molecule has 0 heterocycles. The Balaban J connectivity index is 2.23. The summed E-state index contributed by atoms with van der Waals surface area (Å²) in [5, 5.41) is 3.72. The normalized spacial score (nSPS) is 19.6. The number of hydrogen-bond acceptors (Lipinski definition) is 1. The van der Waals surface area contributed by atoms with E-state index in [0.29, 0.717) is 11.5 Å². The highest BCUT2D eigenvalue weighted by molar-refractivity contribution is 5.30. The average Bonchev–Trinajstić information content (AvgIpc) is 2.30. The third-order valence-corrected chi connectivity index (χ3v) is 4.29. The molecule has 17 heavy (non-hydrogen) atoms. The van der Waals surface area contributed by atoms with Gasteiger partial charge < -0.3 is 5.32 Å². The molecule has 2 rings (SSSR count). The summed E-state index contributed by atoms with van der Waals surface area (Å²) in [7, 11) is 0. The van der Waals surface area contributed by atoms with E-state index in [1.54, 1.807) is 5.56 Å². The van der Waals surface area contributed by atoms with Crippen molar-refractivity contribution in [2.75, 3.05) is 6.54 Å². The van der Waals surface area contributed by atoms with Crippen molar-refractivity contribution in [3.05, 3.63) is 35.9 Å². The maximum atomic E-state index is 3.72. The van der Waals surface area contributed by atoms with Crippen molar-refractivity contribution in [2.45, 2.75) is 57.4 Å². The third-order valence-electron chi connectivity index (χ3n) is 4.29. The fourth-order valence-electron chi connectivity index (χ4n) is 3.27. The van der Waals surface area contributed by atoms with Gasteiger partial charge in [-0.1, -0.05) is 57.0 Å². The maximum absolute atomic E-state index is 3.72. The summed E-state index contributed by atoms with van der Waals surface area (Å²) in [6.45, 7) is 5.60. The zero-order chi connectivity index (χ0) is 12.1. The molecule has 1 aliphatic rings. The van der Waals surface area contributed by atoms with Gasteiger partial charge >= 0.3 is 0 Å². The van der Waals surface area contributed by atoms with E-state index in [-0.39, 0.29) is 0 Å². The van der Waals surface area contributed by atoms with Crippen molar-refractivity contribution in [1.29, 1.82) is 0 Å². The first-order chi connectivity index (χ1) is 8.33. The van der Waals surface area contributed by atoms with Crippen LogP contribution in [0.4, 0.5) is 0 Å². The van der Waals surface area contributed by atoms with Gasteiger partial charge in [-0.05, 0) is 31.4 Å². The molecule has 0 saturated heterocycles. The summed E-state index contributed by atoms with van der Waals surface area (Å²) < 4.78 is 0. The van der Waals surface area contributed by atoms with Crippen LogP contribution in [0.25, 0.3) is 0 Å². The van der Waals surface area contributed by atoms with Gasteiger partial charge in [-0.25, -0.2) is 0 Å². The molecule has 1 aliphatic carbocycles. The molecule has 1 saturated carbocycles. The summed E-state index contributed by atoms with van der Waals surface area (Å²) in [4.78, 5) is 0. The van der Waals surface area contributed by atoms with Crippen molar-refractivity contribution in [3.63, 3.8) is 0 Å². The molecule has 1 unspecified atom stereocenters. The molecule has 0 aromatic heterocycles. The van der Waals surface area contributed by atoms with Crippen LogP contribution in [0.15, 0.2) is 30.3 Å². The highest BCUT2D eigenvalue weighted by atomic mass is 14.9. The fraction of sp³-hybridized carbons (Fsp3) is 0.625. The van der Waals surface area contributed by atoms with E-state index < -0.39 is 0 Å². The number of rotatable bonds is 6. The lowest BCUT2D eigenvalue weighted by atomic mass is 9.59. The summed E-state index contributed by atoms with van der Waals surface area (Å²) in [6, 6.07) is 11.8. The molecule has 1 aromatic rings.